The van der Waals surface area contributed by atoms with E-state index < -0.39 is 0 Å². The Morgan fingerprint density at radius 3 is 2.70 bits per heavy atom. The van der Waals surface area contributed by atoms with Gasteiger partial charge in [0.15, 0.2) is 4.34 Å². The second-order valence-electron chi connectivity index (χ2n) is 4.84. The third-order valence-electron chi connectivity index (χ3n) is 3.08. The SMILES string of the molecule is COc1ccccc1C(C)(C)NCc1nnc(SC)s1. The summed E-state index contributed by atoms with van der Waals surface area (Å²) in [6.07, 6.45) is 2.01. The molecule has 0 atom stereocenters. The Morgan fingerprint density at radius 1 is 1.30 bits per heavy atom. The van der Waals surface area contributed by atoms with Crippen LogP contribution in [0, 0.1) is 0 Å². The van der Waals surface area contributed by atoms with Crippen molar-refractivity contribution in [1.29, 1.82) is 0 Å². The summed E-state index contributed by atoms with van der Waals surface area (Å²) in [5, 5.41) is 12.8. The summed E-state index contributed by atoms with van der Waals surface area (Å²) in [7, 11) is 1.70. The Bertz CT molecular complexity index is 569. The predicted molar refractivity (Wildman–Crippen MR) is 84.5 cm³/mol. The van der Waals surface area contributed by atoms with Crippen LogP contribution in [-0.4, -0.2) is 23.6 Å². The molecule has 1 heterocycles. The highest BCUT2D eigenvalue weighted by atomic mass is 32.2. The summed E-state index contributed by atoms with van der Waals surface area (Å²) in [6.45, 7) is 4.98. The molecule has 0 aliphatic heterocycles. The lowest BCUT2D eigenvalue weighted by molar-refractivity contribution is 0.358. The van der Waals surface area contributed by atoms with Crippen LogP contribution in [0.1, 0.15) is 24.4 Å². The zero-order valence-corrected chi connectivity index (χ0v) is 13.8. The number of methoxy groups -OCH3 is 1. The summed E-state index contributed by atoms with van der Waals surface area (Å²) in [5.41, 5.74) is 0.940. The summed E-state index contributed by atoms with van der Waals surface area (Å²) in [5.74, 6) is 0.895. The molecule has 0 saturated carbocycles. The first-order valence-electron chi connectivity index (χ1n) is 6.31. The second-order valence-corrected chi connectivity index (χ2v) is 6.96. The molecule has 1 N–H and O–H groups in total. The van der Waals surface area contributed by atoms with Crippen molar-refractivity contribution in [1.82, 2.24) is 15.5 Å². The summed E-state index contributed by atoms with van der Waals surface area (Å²) < 4.78 is 6.43. The van der Waals surface area contributed by atoms with Crippen LogP contribution in [0.2, 0.25) is 0 Å². The Labute approximate surface area is 128 Å². The van der Waals surface area contributed by atoms with Gasteiger partial charge in [-0.25, -0.2) is 0 Å². The van der Waals surface area contributed by atoms with Gasteiger partial charge in [-0.1, -0.05) is 41.3 Å². The van der Waals surface area contributed by atoms with Crippen molar-refractivity contribution >= 4 is 23.1 Å². The average molecular weight is 309 g/mol. The minimum absolute atomic E-state index is 0.197. The minimum Gasteiger partial charge on any atom is -0.496 e. The lowest BCUT2D eigenvalue weighted by Gasteiger charge is -2.28. The van der Waals surface area contributed by atoms with Crippen molar-refractivity contribution in [3.63, 3.8) is 0 Å². The molecular weight excluding hydrogens is 290 g/mol. The summed E-state index contributed by atoms with van der Waals surface area (Å²) >= 11 is 3.25. The smallest absolute Gasteiger partial charge is 0.174 e. The zero-order chi connectivity index (χ0) is 14.6. The Morgan fingerprint density at radius 2 is 2.05 bits per heavy atom. The predicted octanol–water partition coefficient (Wildman–Crippen LogP) is 3.29. The molecule has 0 spiro atoms. The van der Waals surface area contributed by atoms with Gasteiger partial charge in [0.25, 0.3) is 0 Å². The Hall–Kier alpha value is -1.11. The van der Waals surface area contributed by atoms with Crippen molar-refractivity contribution < 1.29 is 4.74 Å². The lowest BCUT2D eigenvalue weighted by Crippen LogP contribution is -2.36. The van der Waals surface area contributed by atoms with Crippen LogP contribution < -0.4 is 10.1 Å². The maximum absolute atomic E-state index is 5.44. The number of nitrogens with zero attached hydrogens (tertiary/aromatic N) is 2. The van der Waals surface area contributed by atoms with Gasteiger partial charge in [0.05, 0.1) is 13.7 Å². The molecule has 6 heteroatoms. The van der Waals surface area contributed by atoms with E-state index in [0.29, 0.717) is 6.54 Å². The van der Waals surface area contributed by atoms with Gasteiger partial charge in [0, 0.05) is 11.1 Å². The molecule has 0 unspecified atom stereocenters. The van der Waals surface area contributed by atoms with Crippen LogP contribution in [-0.2, 0) is 12.1 Å². The van der Waals surface area contributed by atoms with E-state index in [1.165, 1.54) is 0 Å². The largest absolute Gasteiger partial charge is 0.496 e. The van der Waals surface area contributed by atoms with E-state index in [-0.39, 0.29) is 5.54 Å². The van der Waals surface area contributed by atoms with E-state index in [4.69, 9.17) is 4.74 Å². The first kappa shape index (κ1) is 15.3. The first-order valence-corrected chi connectivity index (χ1v) is 8.36. The highest BCUT2D eigenvalue weighted by molar-refractivity contribution is 8.00. The van der Waals surface area contributed by atoms with Gasteiger partial charge in [-0.2, -0.15) is 0 Å². The van der Waals surface area contributed by atoms with Crippen molar-refractivity contribution in [3.05, 3.63) is 34.8 Å². The molecule has 0 radical (unpaired) electrons. The van der Waals surface area contributed by atoms with Gasteiger partial charge in [0.2, 0.25) is 0 Å². The van der Waals surface area contributed by atoms with Gasteiger partial charge in [-0.15, -0.1) is 10.2 Å². The van der Waals surface area contributed by atoms with E-state index in [0.717, 1.165) is 20.7 Å². The molecule has 2 rings (SSSR count). The number of rotatable bonds is 6. The number of benzene rings is 1. The van der Waals surface area contributed by atoms with Crippen molar-refractivity contribution in [2.75, 3.05) is 13.4 Å². The summed E-state index contributed by atoms with van der Waals surface area (Å²) in [4.78, 5) is 0. The summed E-state index contributed by atoms with van der Waals surface area (Å²) in [6, 6.07) is 8.07. The molecular formula is C14H19N3OS2. The van der Waals surface area contributed by atoms with Crippen molar-refractivity contribution in [2.45, 2.75) is 30.3 Å². The highest BCUT2D eigenvalue weighted by Crippen LogP contribution is 2.30. The first-order chi connectivity index (χ1) is 9.56. The normalized spacial score (nSPS) is 11.6. The van der Waals surface area contributed by atoms with Crippen LogP contribution in [0.4, 0.5) is 0 Å². The van der Waals surface area contributed by atoms with E-state index in [2.05, 4.69) is 35.4 Å². The Kier molecular flexibility index (Phi) is 5.01. The van der Waals surface area contributed by atoms with Gasteiger partial charge in [-0.3, -0.25) is 0 Å². The molecule has 2 aromatic rings. The molecule has 0 bridgehead atoms. The number of nitrogens with one attached hydrogen (secondary N) is 1. The van der Waals surface area contributed by atoms with Crippen LogP contribution in [0.25, 0.3) is 0 Å². The van der Waals surface area contributed by atoms with E-state index in [9.17, 15) is 0 Å². The molecule has 1 aromatic heterocycles. The Balaban J connectivity index is 2.10. The zero-order valence-electron chi connectivity index (χ0n) is 12.1. The number of thioether (sulfide) groups is 1. The van der Waals surface area contributed by atoms with Crippen LogP contribution in [0.15, 0.2) is 28.6 Å². The van der Waals surface area contributed by atoms with Crippen molar-refractivity contribution in [3.8, 4) is 5.75 Å². The fourth-order valence-corrected chi connectivity index (χ4v) is 3.20. The number of aromatic nitrogens is 2. The number of ether oxygens (including phenoxy) is 1. The maximum Gasteiger partial charge on any atom is 0.174 e. The fourth-order valence-electron chi connectivity index (χ4n) is 1.94. The monoisotopic (exact) mass is 309 g/mol. The molecule has 0 aliphatic rings. The van der Waals surface area contributed by atoms with Gasteiger partial charge >= 0.3 is 0 Å². The van der Waals surface area contributed by atoms with E-state index >= 15 is 0 Å². The fraction of sp³-hybridized carbons (Fsp3) is 0.429. The third-order valence-corrected chi connectivity index (χ3v) is 4.98. The van der Waals surface area contributed by atoms with Crippen LogP contribution in [0.5, 0.6) is 5.75 Å². The van der Waals surface area contributed by atoms with E-state index in [1.807, 2.05) is 24.5 Å². The standard InChI is InChI=1S/C14H19N3OS2/c1-14(2,10-7-5-6-8-11(10)18-3)15-9-12-16-17-13(19-4)20-12/h5-8,15H,9H2,1-4H3. The molecule has 108 valence electrons. The van der Waals surface area contributed by atoms with Crippen LogP contribution in [0.3, 0.4) is 0 Å². The average Bonchev–Trinajstić information content (AvgIpc) is 2.93. The minimum atomic E-state index is -0.197. The second kappa shape index (κ2) is 6.56. The molecule has 0 saturated heterocycles. The molecule has 1 aromatic carbocycles. The quantitative estimate of drug-likeness (QED) is 0.830. The molecule has 0 aliphatic carbocycles. The third kappa shape index (κ3) is 3.50. The number of hydrogen-bond donors (Lipinski definition) is 1. The van der Waals surface area contributed by atoms with Gasteiger partial charge in [0.1, 0.15) is 10.8 Å². The number of hydrogen-bond acceptors (Lipinski definition) is 6. The topological polar surface area (TPSA) is 47.0 Å². The van der Waals surface area contributed by atoms with Crippen molar-refractivity contribution in [2.24, 2.45) is 0 Å². The maximum atomic E-state index is 5.44. The lowest BCUT2D eigenvalue weighted by atomic mass is 9.93. The van der Waals surface area contributed by atoms with Gasteiger partial charge < -0.3 is 10.1 Å². The highest BCUT2D eigenvalue weighted by Gasteiger charge is 2.23. The van der Waals surface area contributed by atoms with Gasteiger partial charge in [-0.05, 0) is 26.2 Å². The number of para-hydroxylation sites is 1. The molecule has 20 heavy (non-hydrogen) atoms. The molecule has 4 nitrogen and oxygen atoms in total. The van der Waals surface area contributed by atoms with Crippen LogP contribution >= 0.6 is 23.1 Å². The molecule has 0 fully saturated rings. The molecule has 0 amide bonds. The van der Waals surface area contributed by atoms with E-state index in [1.54, 1.807) is 30.2 Å².